The number of methoxy groups -OCH3 is 1. The van der Waals surface area contributed by atoms with E-state index in [9.17, 15) is 14.3 Å². The maximum Gasteiger partial charge on any atom is 0.306 e. The van der Waals surface area contributed by atoms with Crippen LogP contribution >= 0.6 is 0 Å². The lowest BCUT2D eigenvalue weighted by Crippen LogP contribution is -2.17. The SMILES string of the molecule is COc1ccc(F)cc1Cc1nc2cc(-c3c(C)noc3C)ccn2c1C1=CCCC(C(=O)O)C1. The molecular weight excluding hydrogens is 449 g/mol. The molecule has 0 saturated heterocycles. The molecule has 35 heavy (non-hydrogen) atoms. The van der Waals surface area contributed by atoms with Crippen LogP contribution < -0.4 is 4.74 Å². The third-order valence-corrected chi connectivity index (χ3v) is 6.65. The summed E-state index contributed by atoms with van der Waals surface area (Å²) >= 11 is 0. The number of allylic oxidation sites excluding steroid dienone is 2. The van der Waals surface area contributed by atoms with E-state index in [1.165, 1.54) is 12.1 Å². The Morgan fingerprint density at radius 2 is 2.11 bits per heavy atom. The van der Waals surface area contributed by atoms with Crippen molar-refractivity contribution in [3.8, 4) is 16.9 Å². The minimum Gasteiger partial charge on any atom is -0.496 e. The summed E-state index contributed by atoms with van der Waals surface area (Å²) in [6.07, 6.45) is 6.09. The Labute approximate surface area is 201 Å². The average Bonchev–Trinajstić information content (AvgIpc) is 3.37. The molecule has 0 amide bonds. The van der Waals surface area contributed by atoms with E-state index in [-0.39, 0.29) is 5.82 Å². The molecule has 0 saturated carbocycles. The van der Waals surface area contributed by atoms with Gasteiger partial charge in [-0.25, -0.2) is 9.37 Å². The van der Waals surface area contributed by atoms with Gasteiger partial charge in [0.1, 0.15) is 23.0 Å². The summed E-state index contributed by atoms with van der Waals surface area (Å²) in [6, 6.07) is 8.38. The second-order valence-electron chi connectivity index (χ2n) is 8.93. The van der Waals surface area contributed by atoms with Crippen molar-refractivity contribution in [1.29, 1.82) is 0 Å². The number of pyridine rings is 1. The van der Waals surface area contributed by atoms with Gasteiger partial charge in [0.15, 0.2) is 0 Å². The van der Waals surface area contributed by atoms with E-state index in [0.717, 1.165) is 39.5 Å². The van der Waals surface area contributed by atoms with Crippen LogP contribution in [-0.2, 0) is 11.2 Å². The summed E-state index contributed by atoms with van der Waals surface area (Å²) in [5.41, 5.74) is 6.56. The number of aromatic nitrogens is 3. The third-order valence-electron chi connectivity index (χ3n) is 6.65. The minimum atomic E-state index is -0.793. The van der Waals surface area contributed by atoms with Crippen LogP contribution in [0.1, 0.15) is 47.7 Å². The zero-order valence-corrected chi connectivity index (χ0v) is 19.8. The standard InChI is InChI=1S/C27H26FN3O4/c1-15-25(16(2)35-30-15)17-9-10-31-24(14-17)29-22(13-20-12-21(28)7-8-23(20)34-3)26(31)18-5-4-6-19(11-18)27(32)33/h5,7-10,12,14,19H,4,6,11,13H2,1-3H3,(H,32,33). The number of nitrogens with zero attached hydrogens (tertiary/aromatic N) is 3. The summed E-state index contributed by atoms with van der Waals surface area (Å²) in [6.45, 7) is 3.77. The van der Waals surface area contributed by atoms with Crippen LogP contribution in [0.25, 0.3) is 22.3 Å². The molecule has 7 nitrogen and oxygen atoms in total. The third kappa shape index (κ3) is 4.20. The fourth-order valence-electron chi connectivity index (χ4n) is 4.99. The molecule has 5 rings (SSSR count). The molecule has 1 aliphatic rings. The van der Waals surface area contributed by atoms with Gasteiger partial charge >= 0.3 is 5.97 Å². The van der Waals surface area contributed by atoms with E-state index < -0.39 is 11.9 Å². The fraction of sp³-hybridized carbons (Fsp3) is 0.296. The van der Waals surface area contributed by atoms with Gasteiger partial charge in [0, 0.05) is 23.7 Å². The smallest absolute Gasteiger partial charge is 0.306 e. The molecule has 3 heterocycles. The normalized spacial score (nSPS) is 15.9. The van der Waals surface area contributed by atoms with Crippen LogP contribution in [0.3, 0.4) is 0 Å². The first-order valence-corrected chi connectivity index (χ1v) is 11.5. The number of ether oxygens (including phenoxy) is 1. The highest BCUT2D eigenvalue weighted by Gasteiger charge is 2.27. The van der Waals surface area contributed by atoms with Crippen molar-refractivity contribution in [3.05, 3.63) is 76.8 Å². The van der Waals surface area contributed by atoms with Gasteiger partial charge < -0.3 is 14.4 Å². The number of hydrogen-bond acceptors (Lipinski definition) is 5. The van der Waals surface area contributed by atoms with Crippen molar-refractivity contribution in [3.63, 3.8) is 0 Å². The quantitative estimate of drug-likeness (QED) is 0.390. The number of carboxylic acid groups (broad SMARTS) is 1. The molecule has 0 aliphatic heterocycles. The number of benzene rings is 1. The van der Waals surface area contributed by atoms with Gasteiger partial charge in [-0.2, -0.15) is 0 Å². The number of imidazole rings is 1. The molecule has 0 spiro atoms. The first-order valence-electron chi connectivity index (χ1n) is 11.5. The summed E-state index contributed by atoms with van der Waals surface area (Å²) in [7, 11) is 1.55. The van der Waals surface area contributed by atoms with Gasteiger partial charge in [-0.05, 0) is 74.6 Å². The Bertz CT molecular complexity index is 1450. The van der Waals surface area contributed by atoms with E-state index in [1.54, 1.807) is 13.2 Å². The molecule has 1 aliphatic carbocycles. The van der Waals surface area contributed by atoms with Gasteiger partial charge in [-0.3, -0.25) is 9.20 Å². The molecule has 0 bridgehead atoms. The van der Waals surface area contributed by atoms with Crippen LogP contribution in [0.15, 0.2) is 47.1 Å². The molecule has 8 heteroatoms. The number of rotatable bonds is 6. The van der Waals surface area contributed by atoms with Crippen molar-refractivity contribution >= 4 is 17.2 Å². The Hall–Kier alpha value is -3.94. The largest absolute Gasteiger partial charge is 0.496 e. The molecule has 1 aromatic carbocycles. The van der Waals surface area contributed by atoms with E-state index in [2.05, 4.69) is 11.2 Å². The first-order chi connectivity index (χ1) is 16.9. The number of halogens is 1. The Morgan fingerprint density at radius 3 is 2.83 bits per heavy atom. The topological polar surface area (TPSA) is 89.9 Å². The van der Waals surface area contributed by atoms with Crippen molar-refractivity contribution in [2.75, 3.05) is 7.11 Å². The highest BCUT2D eigenvalue weighted by molar-refractivity contribution is 5.78. The van der Waals surface area contributed by atoms with Crippen LogP contribution in [-0.4, -0.2) is 32.7 Å². The van der Waals surface area contributed by atoms with Gasteiger partial charge in [0.05, 0.1) is 30.1 Å². The number of fused-ring (bicyclic) bond motifs is 1. The molecule has 0 radical (unpaired) electrons. The number of aryl methyl sites for hydroxylation is 2. The van der Waals surface area contributed by atoms with E-state index >= 15 is 0 Å². The molecule has 1 atom stereocenters. The molecule has 1 N–H and O–H groups in total. The summed E-state index contributed by atoms with van der Waals surface area (Å²) in [4.78, 5) is 16.7. The van der Waals surface area contributed by atoms with Crippen molar-refractivity contribution < 1.29 is 23.6 Å². The van der Waals surface area contributed by atoms with Crippen molar-refractivity contribution in [1.82, 2.24) is 14.5 Å². The zero-order chi connectivity index (χ0) is 24.7. The van der Waals surface area contributed by atoms with Crippen LogP contribution in [0.4, 0.5) is 4.39 Å². The average molecular weight is 476 g/mol. The molecule has 1 unspecified atom stereocenters. The van der Waals surface area contributed by atoms with Crippen LogP contribution in [0, 0.1) is 25.6 Å². The molecule has 0 fully saturated rings. The number of carboxylic acids is 1. The molecule has 4 aromatic rings. The van der Waals surface area contributed by atoms with Gasteiger partial charge in [-0.1, -0.05) is 11.2 Å². The number of aliphatic carboxylic acids is 1. The molecule has 3 aromatic heterocycles. The lowest BCUT2D eigenvalue weighted by atomic mass is 9.86. The van der Waals surface area contributed by atoms with Gasteiger partial charge in [-0.15, -0.1) is 0 Å². The molecular formula is C27H26FN3O4. The van der Waals surface area contributed by atoms with E-state index in [0.29, 0.717) is 42.6 Å². The zero-order valence-electron chi connectivity index (χ0n) is 19.8. The lowest BCUT2D eigenvalue weighted by molar-refractivity contribution is -0.141. The summed E-state index contributed by atoms with van der Waals surface area (Å²) < 4.78 is 26.9. The predicted octanol–water partition coefficient (Wildman–Crippen LogP) is 5.61. The van der Waals surface area contributed by atoms with Crippen molar-refractivity contribution in [2.24, 2.45) is 5.92 Å². The lowest BCUT2D eigenvalue weighted by Gasteiger charge is -2.20. The van der Waals surface area contributed by atoms with Crippen molar-refractivity contribution in [2.45, 2.75) is 39.5 Å². The Morgan fingerprint density at radius 1 is 1.29 bits per heavy atom. The molecule has 180 valence electrons. The van der Waals surface area contributed by atoms with Crippen LogP contribution in [0.5, 0.6) is 5.75 Å². The summed E-state index contributed by atoms with van der Waals surface area (Å²) in [5, 5.41) is 13.7. The van der Waals surface area contributed by atoms with Crippen LogP contribution in [0.2, 0.25) is 0 Å². The first kappa shape index (κ1) is 22.8. The highest BCUT2D eigenvalue weighted by atomic mass is 19.1. The second-order valence-corrected chi connectivity index (χ2v) is 8.93. The number of carbonyl (C=O) groups is 1. The Balaban J connectivity index is 1.67. The van der Waals surface area contributed by atoms with E-state index in [4.69, 9.17) is 14.2 Å². The van der Waals surface area contributed by atoms with Gasteiger partial charge in [0.25, 0.3) is 0 Å². The highest BCUT2D eigenvalue weighted by Crippen LogP contribution is 2.36. The predicted molar refractivity (Wildman–Crippen MR) is 129 cm³/mol. The second kappa shape index (κ2) is 9.02. The summed E-state index contributed by atoms with van der Waals surface area (Å²) in [5.74, 6) is -0.290. The maximum atomic E-state index is 14.1. The van der Waals surface area contributed by atoms with E-state index in [1.807, 2.05) is 36.6 Å². The fourth-order valence-corrected chi connectivity index (χ4v) is 4.99. The van der Waals surface area contributed by atoms with Gasteiger partial charge in [0.2, 0.25) is 0 Å². The number of hydrogen-bond donors (Lipinski definition) is 1. The maximum absolute atomic E-state index is 14.1. The Kier molecular flexibility index (Phi) is 5.88. The minimum absolute atomic E-state index is 0.341. The monoisotopic (exact) mass is 475 g/mol.